The SMILES string of the molecule is Cc1cc(C(=O)CSc2ncnc3sc4c(c23)CCCC4)c(C)n1CC1CCCO1. The number of nitrogens with zero attached hydrogens (tertiary/aromatic N) is 3. The molecule has 0 spiro atoms. The molecule has 2 aliphatic rings. The van der Waals surface area contributed by atoms with E-state index in [0.29, 0.717) is 5.75 Å². The fraction of sp³-hybridized carbons (Fsp3) is 0.522. The Bertz CT molecular complexity index is 1100. The summed E-state index contributed by atoms with van der Waals surface area (Å²) in [4.78, 5) is 24.7. The molecule has 3 aromatic rings. The number of ether oxygens (including phenoxy) is 1. The minimum atomic E-state index is 0.169. The van der Waals surface area contributed by atoms with Crippen LogP contribution < -0.4 is 0 Å². The number of Topliss-reactive ketones (excluding diaryl/α,β-unsaturated/α-hetero) is 1. The summed E-state index contributed by atoms with van der Waals surface area (Å²) in [6.07, 6.45) is 8.89. The van der Waals surface area contributed by atoms with E-state index in [1.807, 2.05) is 6.07 Å². The van der Waals surface area contributed by atoms with Gasteiger partial charge in [-0.2, -0.15) is 0 Å². The van der Waals surface area contributed by atoms with Crippen molar-refractivity contribution in [2.75, 3.05) is 12.4 Å². The first-order valence-electron chi connectivity index (χ1n) is 10.8. The van der Waals surface area contributed by atoms with Gasteiger partial charge in [0.1, 0.15) is 16.2 Å². The van der Waals surface area contributed by atoms with Crippen LogP contribution in [0.25, 0.3) is 10.2 Å². The van der Waals surface area contributed by atoms with Gasteiger partial charge in [0.25, 0.3) is 0 Å². The smallest absolute Gasteiger partial charge is 0.174 e. The molecule has 0 amide bonds. The van der Waals surface area contributed by atoms with Gasteiger partial charge in [-0.05, 0) is 64.0 Å². The van der Waals surface area contributed by atoms with Crippen molar-refractivity contribution in [1.82, 2.24) is 14.5 Å². The lowest BCUT2D eigenvalue weighted by Crippen LogP contribution is -2.17. The molecule has 1 atom stereocenters. The van der Waals surface area contributed by atoms with Gasteiger partial charge in [-0.15, -0.1) is 11.3 Å². The maximum Gasteiger partial charge on any atom is 0.174 e. The number of thioether (sulfide) groups is 1. The van der Waals surface area contributed by atoms with E-state index in [4.69, 9.17) is 4.74 Å². The van der Waals surface area contributed by atoms with E-state index in [9.17, 15) is 4.79 Å². The number of hydrogen-bond donors (Lipinski definition) is 0. The predicted molar refractivity (Wildman–Crippen MR) is 122 cm³/mol. The Hall–Kier alpha value is -1.70. The number of fused-ring (bicyclic) bond motifs is 3. The Kier molecular flexibility index (Phi) is 5.69. The number of carbonyl (C=O) groups is 1. The summed E-state index contributed by atoms with van der Waals surface area (Å²) in [5, 5.41) is 2.15. The molecule has 1 fully saturated rings. The zero-order valence-electron chi connectivity index (χ0n) is 17.6. The molecular weight excluding hydrogens is 414 g/mol. The first-order valence-corrected chi connectivity index (χ1v) is 12.6. The van der Waals surface area contributed by atoms with Gasteiger partial charge in [0.05, 0.1) is 11.9 Å². The number of rotatable bonds is 6. The van der Waals surface area contributed by atoms with Crippen LogP contribution in [0.15, 0.2) is 17.4 Å². The number of carbonyl (C=O) groups excluding carboxylic acids is 1. The van der Waals surface area contributed by atoms with Crippen LogP contribution in [0, 0.1) is 13.8 Å². The predicted octanol–water partition coefficient (Wildman–Crippen LogP) is 5.14. The van der Waals surface area contributed by atoms with Crippen LogP contribution in [0.1, 0.15) is 57.9 Å². The fourth-order valence-corrected chi connectivity index (χ4v) is 6.94. The van der Waals surface area contributed by atoms with E-state index in [-0.39, 0.29) is 11.9 Å². The van der Waals surface area contributed by atoms with Crippen LogP contribution in [-0.4, -0.2) is 38.8 Å². The second-order valence-electron chi connectivity index (χ2n) is 8.31. The molecule has 158 valence electrons. The van der Waals surface area contributed by atoms with Gasteiger partial charge in [-0.3, -0.25) is 4.79 Å². The standard InChI is InChI=1S/C23H27N3O2S2/c1-14-10-18(15(2)26(14)11-16-6-5-9-28-16)19(27)12-29-22-21-17-7-3-4-8-20(17)30-23(21)25-13-24-22/h10,13,16H,3-9,11-12H2,1-2H3. The molecule has 0 N–H and O–H groups in total. The highest BCUT2D eigenvalue weighted by atomic mass is 32.2. The number of hydrogen-bond acceptors (Lipinski definition) is 6. The van der Waals surface area contributed by atoms with Crippen LogP contribution in [0.3, 0.4) is 0 Å². The molecule has 1 aliphatic heterocycles. The van der Waals surface area contributed by atoms with Gasteiger partial charge < -0.3 is 9.30 Å². The minimum absolute atomic E-state index is 0.169. The maximum absolute atomic E-state index is 13.1. The molecule has 7 heteroatoms. The first-order chi connectivity index (χ1) is 14.6. The van der Waals surface area contributed by atoms with E-state index in [1.54, 1.807) is 29.4 Å². The Morgan fingerprint density at radius 3 is 2.97 bits per heavy atom. The van der Waals surface area contributed by atoms with Crippen molar-refractivity contribution in [3.63, 3.8) is 0 Å². The second kappa shape index (κ2) is 8.44. The normalized spacial score (nSPS) is 18.8. The average Bonchev–Trinajstić information content (AvgIpc) is 3.46. The number of aryl methyl sites for hydroxylation is 3. The summed E-state index contributed by atoms with van der Waals surface area (Å²) in [6, 6.07) is 2.04. The van der Waals surface area contributed by atoms with Crippen LogP contribution in [0.5, 0.6) is 0 Å². The molecular formula is C23H27N3O2S2. The quantitative estimate of drug-likeness (QED) is 0.301. The molecule has 4 heterocycles. The van der Waals surface area contributed by atoms with Gasteiger partial charge >= 0.3 is 0 Å². The lowest BCUT2D eigenvalue weighted by atomic mass is 9.97. The summed E-state index contributed by atoms with van der Waals surface area (Å²) in [5.74, 6) is 0.573. The van der Waals surface area contributed by atoms with E-state index >= 15 is 0 Å². The van der Waals surface area contributed by atoms with Gasteiger partial charge in [0.2, 0.25) is 0 Å². The average molecular weight is 442 g/mol. The molecule has 0 bridgehead atoms. The van der Waals surface area contributed by atoms with E-state index in [0.717, 1.165) is 65.6 Å². The Morgan fingerprint density at radius 2 is 2.13 bits per heavy atom. The van der Waals surface area contributed by atoms with Crippen LogP contribution in [-0.2, 0) is 24.1 Å². The third-order valence-corrected chi connectivity index (χ3v) is 8.53. The molecule has 0 saturated carbocycles. The van der Waals surface area contributed by atoms with Crippen molar-refractivity contribution in [3.05, 3.63) is 39.8 Å². The van der Waals surface area contributed by atoms with Crippen molar-refractivity contribution in [1.29, 1.82) is 0 Å². The molecule has 5 rings (SSSR count). The molecule has 1 aliphatic carbocycles. The molecule has 0 radical (unpaired) electrons. The van der Waals surface area contributed by atoms with Crippen molar-refractivity contribution >= 4 is 39.1 Å². The van der Waals surface area contributed by atoms with E-state index in [1.165, 1.54) is 28.7 Å². The summed E-state index contributed by atoms with van der Waals surface area (Å²) in [7, 11) is 0. The molecule has 5 nitrogen and oxygen atoms in total. The third-order valence-electron chi connectivity index (χ3n) is 6.34. The molecule has 30 heavy (non-hydrogen) atoms. The Morgan fingerprint density at radius 1 is 1.27 bits per heavy atom. The minimum Gasteiger partial charge on any atom is -0.376 e. The summed E-state index contributed by atoms with van der Waals surface area (Å²) in [6.45, 7) is 5.83. The van der Waals surface area contributed by atoms with E-state index < -0.39 is 0 Å². The highest BCUT2D eigenvalue weighted by Gasteiger charge is 2.23. The van der Waals surface area contributed by atoms with Gasteiger partial charge in [-0.1, -0.05) is 11.8 Å². The number of thiophene rings is 1. The largest absolute Gasteiger partial charge is 0.376 e. The maximum atomic E-state index is 13.1. The summed E-state index contributed by atoms with van der Waals surface area (Å²) in [5.41, 5.74) is 4.43. The van der Waals surface area contributed by atoms with E-state index in [2.05, 4.69) is 28.4 Å². The Labute approximate surface area is 185 Å². The van der Waals surface area contributed by atoms with Crippen molar-refractivity contribution < 1.29 is 9.53 Å². The summed E-state index contributed by atoms with van der Waals surface area (Å²) < 4.78 is 8.04. The van der Waals surface area contributed by atoms with Gasteiger partial charge in [0, 0.05) is 40.4 Å². The van der Waals surface area contributed by atoms with Crippen molar-refractivity contribution in [2.24, 2.45) is 0 Å². The zero-order valence-corrected chi connectivity index (χ0v) is 19.2. The number of ketones is 1. The molecule has 3 aromatic heterocycles. The van der Waals surface area contributed by atoms with Crippen LogP contribution >= 0.6 is 23.1 Å². The molecule has 1 unspecified atom stereocenters. The lowest BCUT2D eigenvalue weighted by molar-refractivity contribution is 0.0957. The highest BCUT2D eigenvalue weighted by Crippen LogP contribution is 2.39. The molecule has 0 aromatic carbocycles. The van der Waals surface area contributed by atoms with Crippen LogP contribution in [0.2, 0.25) is 0 Å². The Balaban J connectivity index is 1.35. The molecule has 1 saturated heterocycles. The first kappa shape index (κ1) is 20.2. The fourth-order valence-electron chi connectivity index (χ4n) is 4.74. The topological polar surface area (TPSA) is 57.0 Å². The van der Waals surface area contributed by atoms with Gasteiger partial charge in [0.15, 0.2) is 5.78 Å². The second-order valence-corrected chi connectivity index (χ2v) is 10.4. The monoisotopic (exact) mass is 441 g/mol. The highest BCUT2D eigenvalue weighted by molar-refractivity contribution is 8.00. The summed E-state index contributed by atoms with van der Waals surface area (Å²) >= 11 is 3.36. The van der Waals surface area contributed by atoms with Crippen molar-refractivity contribution in [3.8, 4) is 0 Å². The van der Waals surface area contributed by atoms with Crippen molar-refractivity contribution in [2.45, 2.75) is 70.0 Å². The zero-order chi connectivity index (χ0) is 20.7. The van der Waals surface area contributed by atoms with Crippen LogP contribution in [0.4, 0.5) is 0 Å². The third kappa shape index (κ3) is 3.72. The van der Waals surface area contributed by atoms with Gasteiger partial charge in [-0.25, -0.2) is 9.97 Å². The number of aromatic nitrogens is 3. The lowest BCUT2D eigenvalue weighted by Gasteiger charge is -2.14.